The maximum atomic E-state index is 5.68. The molecular formula is C18H29NO. The number of ether oxygens (including phenoxy) is 1. The van der Waals surface area contributed by atoms with E-state index in [4.69, 9.17) is 10.5 Å². The normalized spacial score (nSPS) is 16.3. The van der Waals surface area contributed by atoms with Crippen LogP contribution in [0, 0.1) is 5.92 Å². The van der Waals surface area contributed by atoms with Crippen molar-refractivity contribution in [3.63, 3.8) is 0 Å². The molecule has 20 heavy (non-hydrogen) atoms. The van der Waals surface area contributed by atoms with Gasteiger partial charge >= 0.3 is 0 Å². The summed E-state index contributed by atoms with van der Waals surface area (Å²) in [5.74, 6) is 1.97. The van der Waals surface area contributed by atoms with Gasteiger partial charge in [0, 0.05) is 0 Å². The van der Waals surface area contributed by atoms with Gasteiger partial charge in [0.05, 0.1) is 7.11 Å². The Kier molecular flexibility index (Phi) is 6.38. The Labute approximate surface area is 123 Å². The lowest BCUT2D eigenvalue weighted by Gasteiger charge is -2.21. The Hall–Kier alpha value is -1.02. The lowest BCUT2D eigenvalue weighted by atomic mass is 9.85. The topological polar surface area (TPSA) is 35.2 Å². The van der Waals surface area contributed by atoms with E-state index < -0.39 is 0 Å². The van der Waals surface area contributed by atoms with Crippen molar-refractivity contribution in [1.82, 2.24) is 0 Å². The SMILES string of the molecule is COc1ccc(CCCC2CCCCC2)cc1CCN. The van der Waals surface area contributed by atoms with Gasteiger partial charge in [0.2, 0.25) is 0 Å². The maximum absolute atomic E-state index is 5.68. The third kappa shape index (κ3) is 4.52. The molecule has 1 aliphatic carbocycles. The molecule has 0 aliphatic heterocycles. The van der Waals surface area contributed by atoms with Crippen LogP contribution in [0.3, 0.4) is 0 Å². The molecule has 0 bridgehead atoms. The van der Waals surface area contributed by atoms with Crippen LogP contribution in [0.15, 0.2) is 18.2 Å². The first-order valence-electron chi connectivity index (χ1n) is 8.19. The fourth-order valence-corrected chi connectivity index (χ4v) is 3.41. The summed E-state index contributed by atoms with van der Waals surface area (Å²) in [4.78, 5) is 0. The minimum absolute atomic E-state index is 0.682. The molecule has 1 aromatic rings. The molecule has 0 spiro atoms. The quantitative estimate of drug-likeness (QED) is 0.813. The highest BCUT2D eigenvalue weighted by Crippen LogP contribution is 2.28. The number of rotatable bonds is 7. The molecular weight excluding hydrogens is 246 g/mol. The number of nitrogens with two attached hydrogens (primary N) is 1. The molecule has 0 radical (unpaired) electrons. The largest absolute Gasteiger partial charge is 0.496 e. The zero-order valence-corrected chi connectivity index (χ0v) is 12.9. The van der Waals surface area contributed by atoms with E-state index >= 15 is 0 Å². The lowest BCUT2D eigenvalue weighted by Crippen LogP contribution is -2.07. The summed E-state index contributed by atoms with van der Waals surface area (Å²) < 4.78 is 5.40. The second kappa shape index (κ2) is 8.31. The van der Waals surface area contributed by atoms with Gasteiger partial charge < -0.3 is 10.5 Å². The minimum Gasteiger partial charge on any atom is -0.496 e. The van der Waals surface area contributed by atoms with Crippen molar-refractivity contribution >= 4 is 0 Å². The molecule has 0 saturated heterocycles. The van der Waals surface area contributed by atoms with Crippen LogP contribution in [0.1, 0.15) is 56.1 Å². The first-order valence-corrected chi connectivity index (χ1v) is 8.19. The van der Waals surface area contributed by atoms with Crippen molar-refractivity contribution in [2.45, 2.75) is 57.8 Å². The summed E-state index contributed by atoms with van der Waals surface area (Å²) in [5.41, 5.74) is 8.37. The molecule has 2 N–H and O–H groups in total. The Morgan fingerprint density at radius 2 is 1.95 bits per heavy atom. The number of hydrogen-bond donors (Lipinski definition) is 1. The first-order chi connectivity index (χ1) is 9.83. The van der Waals surface area contributed by atoms with Crippen LogP contribution in [-0.2, 0) is 12.8 Å². The molecule has 0 aromatic heterocycles. The van der Waals surface area contributed by atoms with Crippen molar-refractivity contribution in [3.05, 3.63) is 29.3 Å². The number of aryl methyl sites for hydroxylation is 1. The average Bonchev–Trinajstić information content (AvgIpc) is 2.49. The Bertz CT molecular complexity index is 396. The Morgan fingerprint density at radius 3 is 2.65 bits per heavy atom. The van der Waals surface area contributed by atoms with Gasteiger partial charge in [0.1, 0.15) is 5.75 Å². The molecule has 2 nitrogen and oxygen atoms in total. The van der Waals surface area contributed by atoms with Crippen LogP contribution in [-0.4, -0.2) is 13.7 Å². The molecule has 1 aliphatic rings. The van der Waals surface area contributed by atoms with E-state index in [9.17, 15) is 0 Å². The van der Waals surface area contributed by atoms with E-state index in [0.29, 0.717) is 6.54 Å². The van der Waals surface area contributed by atoms with Crippen LogP contribution in [0.4, 0.5) is 0 Å². The second-order valence-electron chi connectivity index (χ2n) is 6.08. The summed E-state index contributed by atoms with van der Waals surface area (Å²) in [6, 6.07) is 6.59. The fraction of sp³-hybridized carbons (Fsp3) is 0.667. The molecule has 1 aromatic carbocycles. The number of methoxy groups -OCH3 is 1. The summed E-state index contributed by atoms with van der Waals surface area (Å²) in [6.45, 7) is 0.682. The highest BCUT2D eigenvalue weighted by molar-refractivity contribution is 5.37. The van der Waals surface area contributed by atoms with Gasteiger partial charge in [-0.15, -0.1) is 0 Å². The summed E-state index contributed by atoms with van der Waals surface area (Å²) >= 11 is 0. The molecule has 0 atom stereocenters. The van der Waals surface area contributed by atoms with Crippen LogP contribution in [0.25, 0.3) is 0 Å². The van der Waals surface area contributed by atoms with Crippen LogP contribution < -0.4 is 10.5 Å². The van der Waals surface area contributed by atoms with Gasteiger partial charge in [0.15, 0.2) is 0 Å². The Balaban J connectivity index is 1.84. The van der Waals surface area contributed by atoms with E-state index in [-0.39, 0.29) is 0 Å². The van der Waals surface area contributed by atoms with Gasteiger partial charge in [0.25, 0.3) is 0 Å². The van der Waals surface area contributed by atoms with Crippen molar-refractivity contribution in [3.8, 4) is 5.75 Å². The van der Waals surface area contributed by atoms with E-state index in [1.54, 1.807) is 7.11 Å². The minimum atomic E-state index is 0.682. The van der Waals surface area contributed by atoms with Crippen LogP contribution in [0.5, 0.6) is 5.75 Å². The summed E-state index contributed by atoms with van der Waals surface area (Å²) in [6.07, 6.45) is 12.1. The fourth-order valence-electron chi connectivity index (χ4n) is 3.41. The average molecular weight is 275 g/mol. The monoisotopic (exact) mass is 275 g/mol. The van der Waals surface area contributed by atoms with Crippen LogP contribution in [0.2, 0.25) is 0 Å². The highest BCUT2D eigenvalue weighted by Gasteiger charge is 2.13. The van der Waals surface area contributed by atoms with Crippen LogP contribution >= 0.6 is 0 Å². The third-order valence-electron chi connectivity index (χ3n) is 4.56. The predicted octanol–water partition coefficient (Wildman–Crippen LogP) is 4.10. The van der Waals surface area contributed by atoms with E-state index in [1.165, 1.54) is 62.5 Å². The van der Waals surface area contributed by atoms with E-state index in [1.807, 2.05) is 0 Å². The van der Waals surface area contributed by atoms with Crippen molar-refractivity contribution in [2.24, 2.45) is 11.7 Å². The zero-order valence-electron chi connectivity index (χ0n) is 12.9. The standard InChI is InChI=1S/C18H29NO/c1-20-18-11-10-16(14-17(18)12-13-19)9-5-8-15-6-3-2-4-7-15/h10-11,14-15H,2-9,12-13,19H2,1H3. The van der Waals surface area contributed by atoms with Gasteiger partial charge in [-0.2, -0.15) is 0 Å². The Morgan fingerprint density at radius 1 is 1.15 bits per heavy atom. The van der Waals surface area contributed by atoms with Gasteiger partial charge in [-0.05, 0) is 48.9 Å². The zero-order chi connectivity index (χ0) is 14.2. The van der Waals surface area contributed by atoms with Gasteiger partial charge in [-0.3, -0.25) is 0 Å². The van der Waals surface area contributed by atoms with Gasteiger partial charge in [-0.1, -0.05) is 50.7 Å². The summed E-state index contributed by atoms with van der Waals surface area (Å²) in [7, 11) is 1.73. The maximum Gasteiger partial charge on any atom is 0.122 e. The molecule has 0 heterocycles. The van der Waals surface area contributed by atoms with E-state index in [0.717, 1.165) is 18.1 Å². The predicted molar refractivity (Wildman–Crippen MR) is 85.3 cm³/mol. The summed E-state index contributed by atoms with van der Waals surface area (Å²) in [5, 5.41) is 0. The molecule has 0 unspecified atom stereocenters. The molecule has 2 heteroatoms. The third-order valence-corrected chi connectivity index (χ3v) is 4.56. The molecule has 0 amide bonds. The van der Waals surface area contributed by atoms with Crippen molar-refractivity contribution in [2.75, 3.05) is 13.7 Å². The van der Waals surface area contributed by atoms with Crippen molar-refractivity contribution < 1.29 is 4.74 Å². The first kappa shape index (κ1) is 15.4. The molecule has 2 rings (SSSR count). The smallest absolute Gasteiger partial charge is 0.122 e. The number of benzene rings is 1. The highest BCUT2D eigenvalue weighted by atomic mass is 16.5. The second-order valence-corrected chi connectivity index (χ2v) is 6.08. The van der Waals surface area contributed by atoms with Crippen molar-refractivity contribution in [1.29, 1.82) is 0 Å². The van der Waals surface area contributed by atoms with Gasteiger partial charge in [-0.25, -0.2) is 0 Å². The van der Waals surface area contributed by atoms with E-state index in [2.05, 4.69) is 18.2 Å². The molecule has 1 fully saturated rings. The molecule has 112 valence electrons. The lowest BCUT2D eigenvalue weighted by molar-refractivity contribution is 0.332. The number of hydrogen-bond acceptors (Lipinski definition) is 2. The molecule has 1 saturated carbocycles.